The quantitative estimate of drug-likeness (QED) is 0.868. The monoisotopic (exact) mass is 340 g/mol. The summed E-state index contributed by atoms with van der Waals surface area (Å²) in [6.07, 6.45) is 0. The molecular weight excluding hydrogens is 327 g/mol. The number of hydrogen-bond donors (Lipinski definition) is 1. The van der Waals surface area contributed by atoms with Crippen molar-refractivity contribution < 1.29 is 12.8 Å². The van der Waals surface area contributed by atoms with Gasteiger partial charge in [0.25, 0.3) is 10.0 Å². The van der Waals surface area contributed by atoms with Crippen LogP contribution in [0.15, 0.2) is 41.3 Å². The Bertz CT molecular complexity index is 855. The number of rotatable bonds is 1. The number of para-hydroxylation sites is 1. The lowest BCUT2D eigenvalue weighted by molar-refractivity contribution is 0.588. The van der Waals surface area contributed by atoms with E-state index in [-0.39, 0.29) is 9.92 Å². The fourth-order valence-corrected chi connectivity index (χ4v) is 4.46. The first-order valence-corrected chi connectivity index (χ1v) is 8.43. The molecule has 7 heteroatoms. The lowest BCUT2D eigenvalue weighted by Gasteiger charge is -2.20. The van der Waals surface area contributed by atoms with Gasteiger partial charge in [-0.05, 0) is 36.4 Å². The fraction of sp³-hybridized carbons (Fsp3) is 0.200. The smallest absolute Gasteiger partial charge is 0.264 e. The average Bonchev–Trinajstić information content (AvgIpc) is 2.56. The van der Waals surface area contributed by atoms with Gasteiger partial charge in [0.15, 0.2) is 0 Å². The summed E-state index contributed by atoms with van der Waals surface area (Å²) < 4.78 is 40.8. The lowest BCUT2D eigenvalue weighted by atomic mass is 9.97. The normalized spacial score (nSPS) is 19.3. The number of hydrogen-bond acceptors (Lipinski definition) is 3. The van der Waals surface area contributed by atoms with Crippen molar-refractivity contribution in [2.45, 2.75) is 10.9 Å². The van der Waals surface area contributed by atoms with Crippen molar-refractivity contribution in [1.29, 1.82) is 0 Å². The lowest BCUT2D eigenvalue weighted by Crippen LogP contribution is -2.26. The number of benzene rings is 2. The molecule has 0 aliphatic carbocycles. The highest BCUT2D eigenvalue weighted by atomic mass is 35.5. The van der Waals surface area contributed by atoms with Crippen molar-refractivity contribution >= 4 is 27.3 Å². The molecule has 0 spiro atoms. The SMILES string of the molecule is CNC1c2ccccc2N(C)S(=O)(=O)c2cc(Cl)c(F)cc21. The van der Waals surface area contributed by atoms with Crippen LogP contribution < -0.4 is 9.62 Å². The third-order valence-electron chi connectivity index (χ3n) is 3.88. The van der Waals surface area contributed by atoms with Crippen LogP contribution >= 0.6 is 11.6 Å². The Hall–Kier alpha value is -1.63. The van der Waals surface area contributed by atoms with Crippen LogP contribution in [-0.2, 0) is 10.0 Å². The summed E-state index contributed by atoms with van der Waals surface area (Å²) >= 11 is 5.80. The Labute approximate surface area is 133 Å². The van der Waals surface area contributed by atoms with Gasteiger partial charge in [-0.2, -0.15) is 0 Å². The highest BCUT2D eigenvalue weighted by Crippen LogP contribution is 2.41. The highest BCUT2D eigenvalue weighted by molar-refractivity contribution is 7.92. The van der Waals surface area contributed by atoms with Gasteiger partial charge in [-0.1, -0.05) is 29.8 Å². The zero-order valence-corrected chi connectivity index (χ0v) is 13.5. The minimum atomic E-state index is -3.81. The number of nitrogens with one attached hydrogen (secondary N) is 1. The Morgan fingerprint density at radius 3 is 2.59 bits per heavy atom. The van der Waals surface area contributed by atoms with Crippen molar-refractivity contribution in [2.75, 3.05) is 18.4 Å². The fourth-order valence-electron chi connectivity index (χ4n) is 2.77. The molecule has 116 valence electrons. The highest BCUT2D eigenvalue weighted by Gasteiger charge is 2.35. The molecule has 2 aromatic rings. The van der Waals surface area contributed by atoms with Crippen molar-refractivity contribution in [1.82, 2.24) is 5.32 Å². The van der Waals surface area contributed by atoms with E-state index >= 15 is 0 Å². The summed E-state index contributed by atoms with van der Waals surface area (Å²) in [5.74, 6) is -0.641. The largest absolute Gasteiger partial charge is 0.309 e. The van der Waals surface area contributed by atoms with Gasteiger partial charge in [-0.3, -0.25) is 4.31 Å². The molecule has 0 aromatic heterocycles. The molecule has 0 saturated heterocycles. The van der Waals surface area contributed by atoms with E-state index in [1.54, 1.807) is 19.2 Å². The average molecular weight is 341 g/mol. The van der Waals surface area contributed by atoms with Crippen LogP contribution in [0.5, 0.6) is 0 Å². The summed E-state index contributed by atoms with van der Waals surface area (Å²) in [6.45, 7) is 0. The van der Waals surface area contributed by atoms with Crippen LogP contribution in [0.1, 0.15) is 17.2 Å². The van der Waals surface area contributed by atoms with E-state index in [0.29, 0.717) is 11.3 Å². The van der Waals surface area contributed by atoms with Gasteiger partial charge in [-0.15, -0.1) is 0 Å². The van der Waals surface area contributed by atoms with E-state index in [0.717, 1.165) is 5.56 Å². The first-order valence-electron chi connectivity index (χ1n) is 6.62. The van der Waals surface area contributed by atoms with Crippen LogP contribution in [0.3, 0.4) is 0 Å². The van der Waals surface area contributed by atoms with Gasteiger partial charge in [0.2, 0.25) is 0 Å². The maximum absolute atomic E-state index is 13.9. The Kier molecular flexibility index (Phi) is 3.63. The summed E-state index contributed by atoms with van der Waals surface area (Å²) in [5, 5.41) is 2.85. The molecule has 1 aliphatic heterocycles. The van der Waals surface area contributed by atoms with Gasteiger partial charge in [0.05, 0.1) is 21.6 Å². The van der Waals surface area contributed by atoms with E-state index in [1.807, 2.05) is 12.1 Å². The molecule has 0 radical (unpaired) electrons. The van der Waals surface area contributed by atoms with Gasteiger partial charge in [-0.25, -0.2) is 12.8 Å². The van der Waals surface area contributed by atoms with Gasteiger partial charge >= 0.3 is 0 Å². The van der Waals surface area contributed by atoms with Crippen LogP contribution in [0.4, 0.5) is 10.1 Å². The molecule has 1 unspecified atom stereocenters. The predicted octanol–water partition coefficient (Wildman–Crippen LogP) is 2.93. The van der Waals surface area contributed by atoms with Crippen LogP contribution in [0.25, 0.3) is 0 Å². The second kappa shape index (κ2) is 5.22. The van der Waals surface area contributed by atoms with E-state index in [2.05, 4.69) is 5.32 Å². The molecular formula is C15H14ClFN2O2S. The standard InChI is InChI=1S/C15H14ClFN2O2S/c1-18-15-9-5-3-4-6-13(9)19(2)22(20,21)14-8-11(16)12(17)7-10(14)15/h3-8,15,18H,1-2H3. The van der Waals surface area contributed by atoms with Gasteiger partial charge in [0, 0.05) is 7.05 Å². The molecule has 22 heavy (non-hydrogen) atoms. The first-order chi connectivity index (χ1) is 10.4. The van der Waals surface area contributed by atoms with E-state index in [1.165, 1.54) is 23.5 Å². The molecule has 0 fully saturated rings. The molecule has 1 heterocycles. The third kappa shape index (κ3) is 2.10. The first kappa shape index (κ1) is 15.3. The number of anilines is 1. The molecule has 0 amide bonds. The molecule has 0 bridgehead atoms. The predicted molar refractivity (Wildman–Crippen MR) is 84.3 cm³/mol. The van der Waals surface area contributed by atoms with Crippen molar-refractivity contribution in [3.8, 4) is 0 Å². The molecule has 2 aromatic carbocycles. The topological polar surface area (TPSA) is 49.4 Å². The summed E-state index contributed by atoms with van der Waals surface area (Å²) in [5.41, 5.74) is 1.66. The maximum atomic E-state index is 13.9. The van der Waals surface area contributed by atoms with Crippen LogP contribution in [-0.4, -0.2) is 22.5 Å². The number of halogens is 2. The minimum Gasteiger partial charge on any atom is -0.309 e. The van der Waals surface area contributed by atoms with Crippen molar-refractivity contribution in [3.63, 3.8) is 0 Å². The summed E-state index contributed by atoms with van der Waals surface area (Å²) in [7, 11) is -0.627. The molecule has 4 nitrogen and oxygen atoms in total. The maximum Gasteiger partial charge on any atom is 0.264 e. The second-order valence-corrected chi connectivity index (χ2v) is 7.40. The molecule has 1 aliphatic rings. The Morgan fingerprint density at radius 2 is 1.91 bits per heavy atom. The molecule has 3 rings (SSSR count). The van der Waals surface area contributed by atoms with Gasteiger partial charge in [0.1, 0.15) is 5.82 Å². The number of fused-ring (bicyclic) bond motifs is 2. The summed E-state index contributed by atoms with van der Waals surface area (Å²) in [6, 6.07) is 9.05. The third-order valence-corrected chi connectivity index (χ3v) is 5.99. The van der Waals surface area contributed by atoms with Crippen molar-refractivity contribution in [3.05, 3.63) is 58.4 Å². The zero-order valence-electron chi connectivity index (χ0n) is 12.0. The van der Waals surface area contributed by atoms with E-state index in [4.69, 9.17) is 11.6 Å². The molecule has 1 atom stereocenters. The van der Waals surface area contributed by atoms with Gasteiger partial charge < -0.3 is 5.32 Å². The Morgan fingerprint density at radius 1 is 1.23 bits per heavy atom. The molecule has 0 saturated carbocycles. The van der Waals surface area contributed by atoms with Crippen LogP contribution in [0.2, 0.25) is 5.02 Å². The van der Waals surface area contributed by atoms with Crippen LogP contribution in [0, 0.1) is 5.82 Å². The number of sulfonamides is 1. The molecule has 1 N–H and O–H groups in total. The zero-order chi connectivity index (χ0) is 16.1. The Balaban J connectivity index is 2.44. The van der Waals surface area contributed by atoms with E-state index in [9.17, 15) is 12.8 Å². The number of nitrogens with zero attached hydrogens (tertiary/aromatic N) is 1. The van der Waals surface area contributed by atoms with E-state index < -0.39 is 21.9 Å². The minimum absolute atomic E-state index is 0.0111. The second-order valence-electron chi connectivity index (χ2n) is 5.06. The van der Waals surface area contributed by atoms with Crippen molar-refractivity contribution in [2.24, 2.45) is 0 Å². The summed E-state index contributed by atoms with van der Waals surface area (Å²) in [4.78, 5) is 0.0111.